The average Bonchev–Trinajstić information content (AvgIpc) is 2.66. The highest BCUT2D eigenvalue weighted by molar-refractivity contribution is 5.80. The third kappa shape index (κ3) is 6.30. The summed E-state index contributed by atoms with van der Waals surface area (Å²) in [5.41, 5.74) is 6.46. The van der Waals surface area contributed by atoms with Gasteiger partial charge in [0.1, 0.15) is 11.9 Å². The minimum atomic E-state index is -0.457. The Labute approximate surface area is 150 Å². The van der Waals surface area contributed by atoms with E-state index in [4.69, 9.17) is 19.9 Å². The summed E-state index contributed by atoms with van der Waals surface area (Å²) >= 11 is 0. The molecule has 0 saturated carbocycles. The van der Waals surface area contributed by atoms with Crippen LogP contribution in [0.5, 0.6) is 5.75 Å². The molecule has 2 rings (SSSR count). The lowest BCUT2D eigenvalue weighted by atomic mass is 10.1. The van der Waals surface area contributed by atoms with Crippen LogP contribution in [0.15, 0.2) is 24.3 Å². The van der Waals surface area contributed by atoms with Crippen molar-refractivity contribution in [1.82, 2.24) is 4.90 Å². The first kappa shape index (κ1) is 19.7. The maximum atomic E-state index is 12.5. The van der Waals surface area contributed by atoms with Crippen LogP contribution in [0.25, 0.3) is 0 Å². The standard InChI is InChI=1S/C19H30N2O4/c1-15(25-14-16-5-3-6-18(13-16)23-2)19(22)21-10-7-17(8-11-21)24-12-4-9-20/h3,5-6,13,15,17H,4,7-12,14,20H2,1-2H3. The number of nitrogens with zero attached hydrogens (tertiary/aromatic N) is 1. The molecule has 1 aliphatic heterocycles. The molecule has 1 aromatic rings. The van der Waals surface area contributed by atoms with Gasteiger partial charge in [-0.25, -0.2) is 0 Å². The SMILES string of the molecule is COc1cccc(COC(C)C(=O)N2CCC(OCCCN)CC2)c1. The Morgan fingerprint density at radius 2 is 2.12 bits per heavy atom. The van der Waals surface area contributed by atoms with Gasteiger partial charge in [0, 0.05) is 19.7 Å². The molecule has 0 bridgehead atoms. The summed E-state index contributed by atoms with van der Waals surface area (Å²) in [6, 6.07) is 7.68. The number of hydrogen-bond donors (Lipinski definition) is 1. The second-order valence-electron chi connectivity index (χ2n) is 6.34. The molecule has 0 radical (unpaired) electrons. The number of amides is 1. The van der Waals surface area contributed by atoms with Crippen molar-refractivity contribution in [1.29, 1.82) is 0 Å². The summed E-state index contributed by atoms with van der Waals surface area (Å²) in [6.45, 7) is 5.00. The lowest BCUT2D eigenvalue weighted by Crippen LogP contribution is -2.45. The van der Waals surface area contributed by atoms with Crippen molar-refractivity contribution in [3.05, 3.63) is 29.8 Å². The lowest BCUT2D eigenvalue weighted by molar-refractivity contribution is -0.146. The van der Waals surface area contributed by atoms with Crippen LogP contribution in [0.2, 0.25) is 0 Å². The molecule has 1 saturated heterocycles. The molecule has 0 aliphatic carbocycles. The monoisotopic (exact) mass is 350 g/mol. The summed E-state index contributed by atoms with van der Waals surface area (Å²) in [5.74, 6) is 0.833. The van der Waals surface area contributed by atoms with Crippen LogP contribution in [0.3, 0.4) is 0 Å². The Hall–Kier alpha value is -1.63. The molecule has 1 unspecified atom stereocenters. The van der Waals surface area contributed by atoms with E-state index in [9.17, 15) is 4.79 Å². The highest BCUT2D eigenvalue weighted by Gasteiger charge is 2.26. The third-order valence-corrected chi connectivity index (χ3v) is 4.44. The van der Waals surface area contributed by atoms with Crippen LogP contribution in [0, 0.1) is 0 Å². The Morgan fingerprint density at radius 3 is 2.80 bits per heavy atom. The van der Waals surface area contributed by atoms with Gasteiger partial charge in [-0.15, -0.1) is 0 Å². The van der Waals surface area contributed by atoms with E-state index in [1.165, 1.54) is 0 Å². The Kier molecular flexibility index (Phi) is 8.18. The predicted octanol–water partition coefficient (Wildman–Crippen LogP) is 1.96. The summed E-state index contributed by atoms with van der Waals surface area (Å²) in [6.07, 6.45) is 2.41. The van der Waals surface area contributed by atoms with Gasteiger partial charge >= 0.3 is 0 Å². The van der Waals surface area contributed by atoms with Gasteiger partial charge in [0.15, 0.2) is 0 Å². The zero-order chi connectivity index (χ0) is 18.1. The van der Waals surface area contributed by atoms with Gasteiger partial charge in [-0.05, 0) is 50.4 Å². The van der Waals surface area contributed by atoms with Crippen molar-refractivity contribution in [3.8, 4) is 5.75 Å². The molecule has 0 aromatic heterocycles. The summed E-state index contributed by atoms with van der Waals surface area (Å²) in [7, 11) is 1.63. The molecule has 1 atom stereocenters. The van der Waals surface area contributed by atoms with Crippen molar-refractivity contribution < 1.29 is 19.0 Å². The van der Waals surface area contributed by atoms with Gasteiger partial charge in [-0.2, -0.15) is 0 Å². The molecule has 1 aliphatic rings. The highest BCUT2D eigenvalue weighted by atomic mass is 16.5. The largest absolute Gasteiger partial charge is 0.497 e. The molecule has 140 valence electrons. The van der Waals surface area contributed by atoms with E-state index in [0.717, 1.165) is 43.7 Å². The molecule has 1 fully saturated rings. The molecule has 1 heterocycles. The number of nitrogens with two attached hydrogens (primary N) is 1. The van der Waals surface area contributed by atoms with Crippen molar-refractivity contribution in [2.75, 3.05) is 33.4 Å². The minimum Gasteiger partial charge on any atom is -0.497 e. The van der Waals surface area contributed by atoms with Gasteiger partial charge in [0.2, 0.25) is 0 Å². The Bertz CT molecular complexity index is 530. The highest BCUT2D eigenvalue weighted by Crippen LogP contribution is 2.17. The van der Waals surface area contributed by atoms with Crippen LogP contribution in [0.1, 0.15) is 31.7 Å². The quantitative estimate of drug-likeness (QED) is 0.689. The van der Waals surface area contributed by atoms with Gasteiger partial charge in [-0.3, -0.25) is 4.79 Å². The Balaban J connectivity index is 1.73. The van der Waals surface area contributed by atoms with Gasteiger partial charge in [0.25, 0.3) is 5.91 Å². The van der Waals surface area contributed by atoms with Crippen molar-refractivity contribution in [3.63, 3.8) is 0 Å². The number of hydrogen-bond acceptors (Lipinski definition) is 5. The number of carbonyl (C=O) groups is 1. The van der Waals surface area contributed by atoms with E-state index < -0.39 is 6.10 Å². The van der Waals surface area contributed by atoms with E-state index >= 15 is 0 Å². The smallest absolute Gasteiger partial charge is 0.251 e. The average molecular weight is 350 g/mol. The summed E-state index contributed by atoms with van der Waals surface area (Å²) in [4.78, 5) is 14.4. The van der Waals surface area contributed by atoms with Crippen LogP contribution in [0.4, 0.5) is 0 Å². The third-order valence-electron chi connectivity index (χ3n) is 4.44. The number of carbonyl (C=O) groups excluding carboxylic acids is 1. The number of likely N-dealkylation sites (tertiary alicyclic amines) is 1. The number of benzene rings is 1. The maximum absolute atomic E-state index is 12.5. The van der Waals surface area contributed by atoms with Crippen LogP contribution >= 0.6 is 0 Å². The number of rotatable bonds is 9. The first-order chi connectivity index (χ1) is 12.1. The fourth-order valence-corrected chi connectivity index (χ4v) is 2.89. The zero-order valence-corrected chi connectivity index (χ0v) is 15.3. The fraction of sp³-hybridized carbons (Fsp3) is 0.632. The predicted molar refractivity (Wildman–Crippen MR) is 96.5 cm³/mol. The molecule has 6 nitrogen and oxygen atoms in total. The lowest BCUT2D eigenvalue weighted by Gasteiger charge is -2.33. The van der Waals surface area contributed by atoms with E-state index in [2.05, 4.69) is 0 Å². The first-order valence-corrected chi connectivity index (χ1v) is 8.99. The van der Waals surface area contributed by atoms with Crippen LogP contribution < -0.4 is 10.5 Å². The van der Waals surface area contributed by atoms with Crippen molar-refractivity contribution in [2.45, 2.75) is 45.0 Å². The Morgan fingerprint density at radius 1 is 1.36 bits per heavy atom. The zero-order valence-electron chi connectivity index (χ0n) is 15.3. The topological polar surface area (TPSA) is 74.0 Å². The first-order valence-electron chi connectivity index (χ1n) is 8.99. The minimum absolute atomic E-state index is 0.0447. The van der Waals surface area contributed by atoms with E-state index in [0.29, 0.717) is 19.8 Å². The van der Waals surface area contributed by atoms with Crippen LogP contribution in [-0.2, 0) is 20.9 Å². The summed E-state index contributed by atoms with van der Waals surface area (Å²) in [5, 5.41) is 0. The van der Waals surface area contributed by atoms with Gasteiger partial charge < -0.3 is 24.8 Å². The summed E-state index contributed by atoms with van der Waals surface area (Å²) < 4.78 is 16.7. The normalized spacial score (nSPS) is 16.7. The molecular weight excluding hydrogens is 320 g/mol. The molecule has 25 heavy (non-hydrogen) atoms. The fourth-order valence-electron chi connectivity index (χ4n) is 2.89. The van der Waals surface area contributed by atoms with Gasteiger partial charge in [-0.1, -0.05) is 12.1 Å². The number of piperidine rings is 1. The van der Waals surface area contributed by atoms with E-state index in [1.54, 1.807) is 7.11 Å². The van der Waals surface area contributed by atoms with Crippen LogP contribution in [-0.4, -0.2) is 56.4 Å². The molecular formula is C19H30N2O4. The second-order valence-corrected chi connectivity index (χ2v) is 6.34. The van der Waals surface area contributed by atoms with Gasteiger partial charge in [0.05, 0.1) is 19.8 Å². The molecule has 2 N–H and O–H groups in total. The molecule has 1 aromatic carbocycles. The molecule has 0 spiro atoms. The van der Waals surface area contributed by atoms with Crippen molar-refractivity contribution in [2.24, 2.45) is 5.73 Å². The maximum Gasteiger partial charge on any atom is 0.251 e. The van der Waals surface area contributed by atoms with Crippen molar-refractivity contribution >= 4 is 5.91 Å². The molecule has 6 heteroatoms. The number of ether oxygens (including phenoxy) is 3. The number of methoxy groups -OCH3 is 1. The second kappa shape index (κ2) is 10.4. The molecule has 1 amide bonds. The van der Waals surface area contributed by atoms with E-state index in [-0.39, 0.29) is 12.0 Å². The van der Waals surface area contributed by atoms with E-state index in [1.807, 2.05) is 36.1 Å².